The van der Waals surface area contributed by atoms with Gasteiger partial charge in [0.15, 0.2) is 0 Å². The second-order valence-corrected chi connectivity index (χ2v) is 7.61. The molecule has 5 heteroatoms. The molecule has 1 aliphatic rings. The Bertz CT molecular complexity index is 1020. The number of hydrogen-bond donors (Lipinski definition) is 1. The zero-order chi connectivity index (χ0) is 20.4. The van der Waals surface area contributed by atoms with Gasteiger partial charge in [-0.25, -0.2) is 0 Å². The number of nitrogens with zero attached hydrogens (tertiary/aromatic N) is 2. The molecule has 148 valence electrons. The molecule has 0 radical (unpaired) electrons. The number of nitrogens with one attached hydrogen (secondary N) is 1. The summed E-state index contributed by atoms with van der Waals surface area (Å²) in [6, 6.07) is 21.2. The van der Waals surface area contributed by atoms with Crippen LogP contribution in [-0.4, -0.2) is 30.4 Å². The van der Waals surface area contributed by atoms with Crippen LogP contribution in [0, 0.1) is 0 Å². The Morgan fingerprint density at radius 3 is 2.41 bits per heavy atom. The summed E-state index contributed by atoms with van der Waals surface area (Å²) in [6.07, 6.45) is 0.719. The van der Waals surface area contributed by atoms with Gasteiger partial charge in [0, 0.05) is 44.1 Å². The summed E-state index contributed by atoms with van der Waals surface area (Å²) >= 11 is 0. The van der Waals surface area contributed by atoms with E-state index in [0.717, 1.165) is 23.4 Å². The molecule has 2 aromatic carbocycles. The minimum atomic E-state index is -0.214. The highest BCUT2D eigenvalue weighted by molar-refractivity contribution is 6.08. The molecule has 0 bridgehead atoms. The average Bonchev–Trinajstić information content (AvgIpc) is 3.34. The average molecular weight is 387 g/mol. The molecular weight excluding hydrogens is 362 g/mol. The van der Waals surface area contributed by atoms with Crippen molar-refractivity contribution in [2.75, 3.05) is 19.0 Å². The summed E-state index contributed by atoms with van der Waals surface area (Å²) in [5, 5.41) is 3.05. The van der Waals surface area contributed by atoms with Gasteiger partial charge in [-0.2, -0.15) is 0 Å². The van der Waals surface area contributed by atoms with Crippen molar-refractivity contribution in [2.24, 2.45) is 0 Å². The molecule has 0 unspecified atom stereocenters. The second kappa shape index (κ2) is 7.95. The fourth-order valence-corrected chi connectivity index (χ4v) is 3.87. The van der Waals surface area contributed by atoms with E-state index < -0.39 is 0 Å². The van der Waals surface area contributed by atoms with Gasteiger partial charge >= 0.3 is 0 Å². The molecule has 3 aromatic rings. The first-order chi connectivity index (χ1) is 14.0. The lowest BCUT2D eigenvalue weighted by molar-refractivity contribution is -0.122. The number of anilines is 1. The van der Waals surface area contributed by atoms with Crippen LogP contribution in [0.5, 0.6) is 0 Å². The molecule has 1 aromatic heterocycles. The van der Waals surface area contributed by atoms with Gasteiger partial charge in [0.1, 0.15) is 0 Å². The summed E-state index contributed by atoms with van der Waals surface area (Å²) in [7, 11) is 4.01. The maximum Gasteiger partial charge on any atom is 0.229 e. The minimum Gasteiger partial charge on any atom is -0.378 e. The van der Waals surface area contributed by atoms with Crippen LogP contribution in [0.25, 0.3) is 0 Å². The van der Waals surface area contributed by atoms with Crippen molar-refractivity contribution >= 4 is 17.4 Å². The van der Waals surface area contributed by atoms with Crippen LogP contribution in [0.4, 0.5) is 5.69 Å². The van der Waals surface area contributed by atoms with Crippen LogP contribution in [-0.2, 0) is 17.9 Å². The van der Waals surface area contributed by atoms with Gasteiger partial charge in [-0.3, -0.25) is 9.59 Å². The smallest absolute Gasteiger partial charge is 0.229 e. The van der Waals surface area contributed by atoms with Crippen LogP contribution in [0.15, 0.2) is 66.7 Å². The molecule has 1 amide bonds. The van der Waals surface area contributed by atoms with Gasteiger partial charge in [0.05, 0.1) is 11.6 Å². The van der Waals surface area contributed by atoms with Gasteiger partial charge < -0.3 is 14.8 Å². The third kappa shape index (κ3) is 3.81. The number of amides is 1. The minimum absolute atomic E-state index is 0.00103. The molecule has 0 spiro atoms. The first-order valence-corrected chi connectivity index (χ1v) is 9.88. The predicted octanol–water partition coefficient (Wildman–Crippen LogP) is 3.59. The molecule has 2 heterocycles. The molecule has 1 atom stereocenters. The highest BCUT2D eigenvalue weighted by Gasteiger charge is 2.31. The Hall–Kier alpha value is -3.34. The van der Waals surface area contributed by atoms with Crippen LogP contribution >= 0.6 is 0 Å². The monoisotopic (exact) mass is 387 g/mol. The SMILES string of the molecule is CN(C)c1ccc(CNC(=O)[C@@H]2CCn3c(C(=O)c4ccccc4)ccc32)cc1. The summed E-state index contributed by atoms with van der Waals surface area (Å²) < 4.78 is 1.99. The number of fused-ring (bicyclic) bond motifs is 1. The summed E-state index contributed by atoms with van der Waals surface area (Å²) in [6.45, 7) is 1.19. The number of aromatic nitrogens is 1. The zero-order valence-electron chi connectivity index (χ0n) is 16.8. The molecular formula is C24H25N3O2. The molecule has 4 rings (SSSR count). The van der Waals surface area contributed by atoms with Gasteiger partial charge in [-0.1, -0.05) is 42.5 Å². The Morgan fingerprint density at radius 2 is 1.72 bits per heavy atom. The quantitative estimate of drug-likeness (QED) is 0.658. The number of carbonyl (C=O) groups is 2. The van der Waals surface area contributed by atoms with Crippen molar-refractivity contribution in [3.05, 3.63) is 89.2 Å². The number of rotatable bonds is 6. The summed E-state index contributed by atoms with van der Waals surface area (Å²) in [4.78, 5) is 27.6. The molecule has 0 saturated heterocycles. The van der Waals surface area contributed by atoms with Crippen LogP contribution < -0.4 is 10.2 Å². The lowest BCUT2D eigenvalue weighted by Crippen LogP contribution is -2.28. The highest BCUT2D eigenvalue weighted by Crippen LogP contribution is 2.31. The fourth-order valence-electron chi connectivity index (χ4n) is 3.87. The van der Waals surface area contributed by atoms with E-state index in [0.29, 0.717) is 24.3 Å². The van der Waals surface area contributed by atoms with Crippen LogP contribution in [0.2, 0.25) is 0 Å². The van der Waals surface area contributed by atoms with E-state index in [9.17, 15) is 9.59 Å². The first-order valence-electron chi connectivity index (χ1n) is 9.88. The Morgan fingerprint density at radius 1 is 1.00 bits per heavy atom. The molecule has 1 N–H and O–H groups in total. The first kappa shape index (κ1) is 19.0. The summed E-state index contributed by atoms with van der Waals surface area (Å²) in [5.74, 6) is -0.204. The number of carbonyl (C=O) groups excluding carboxylic acids is 2. The Kier molecular flexibility index (Phi) is 5.21. The largest absolute Gasteiger partial charge is 0.378 e. The van der Waals surface area contributed by atoms with Crippen molar-refractivity contribution in [1.82, 2.24) is 9.88 Å². The third-order valence-corrected chi connectivity index (χ3v) is 5.52. The molecule has 1 aliphatic heterocycles. The van der Waals surface area contributed by atoms with E-state index in [1.807, 2.05) is 90.3 Å². The fraction of sp³-hybridized carbons (Fsp3) is 0.250. The topological polar surface area (TPSA) is 54.3 Å². The van der Waals surface area contributed by atoms with E-state index in [1.165, 1.54) is 0 Å². The van der Waals surface area contributed by atoms with Crippen molar-refractivity contribution in [3.8, 4) is 0 Å². The van der Waals surface area contributed by atoms with Gasteiger partial charge in [-0.15, -0.1) is 0 Å². The van der Waals surface area contributed by atoms with Crippen molar-refractivity contribution < 1.29 is 9.59 Å². The number of ketones is 1. The normalized spacial score (nSPS) is 15.0. The lowest BCUT2D eigenvalue weighted by atomic mass is 10.0. The molecule has 0 aliphatic carbocycles. The molecule has 29 heavy (non-hydrogen) atoms. The van der Waals surface area contributed by atoms with E-state index in [2.05, 4.69) is 5.32 Å². The van der Waals surface area contributed by atoms with E-state index in [-0.39, 0.29) is 17.6 Å². The maximum absolute atomic E-state index is 12.8. The molecule has 0 fully saturated rings. The van der Waals surface area contributed by atoms with E-state index >= 15 is 0 Å². The second-order valence-electron chi connectivity index (χ2n) is 7.61. The van der Waals surface area contributed by atoms with Crippen molar-refractivity contribution in [1.29, 1.82) is 0 Å². The number of benzene rings is 2. The predicted molar refractivity (Wildman–Crippen MR) is 114 cm³/mol. The number of hydrogen-bond acceptors (Lipinski definition) is 3. The lowest BCUT2D eigenvalue weighted by Gasteiger charge is -2.14. The Labute approximate surface area is 171 Å². The van der Waals surface area contributed by atoms with Gasteiger partial charge in [-0.05, 0) is 36.2 Å². The van der Waals surface area contributed by atoms with Crippen LogP contribution in [0.3, 0.4) is 0 Å². The third-order valence-electron chi connectivity index (χ3n) is 5.52. The van der Waals surface area contributed by atoms with Gasteiger partial charge in [0.25, 0.3) is 0 Å². The van der Waals surface area contributed by atoms with Crippen molar-refractivity contribution in [2.45, 2.75) is 25.4 Å². The van der Waals surface area contributed by atoms with E-state index in [4.69, 9.17) is 0 Å². The maximum atomic E-state index is 12.8. The molecule has 0 saturated carbocycles. The van der Waals surface area contributed by atoms with Crippen LogP contribution in [0.1, 0.15) is 39.6 Å². The van der Waals surface area contributed by atoms with E-state index in [1.54, 1.807) is 0 Å². The summed E-state index contributed by atoms with van der Waals surface area (Å²) in [5.41, 5.74) is 4.44. The van der Waals surface area contributed by atoms with Gasteiger partial charge in [0.2, 0.25) is 11.7 Å². The standard InChI is InChI=1S/C24H25N3O2/c1-26(2)19-10-8-17(9-11-19)16-25-24(29)20-14-15-27-21(20)12-13-22(27)23(28)18-6-4-3-5-7-18/h3-13,20H,14-16H2,1-2H3,(H,25,29)/t20-/m1/s1. The molecule has 5 nitrogen and oxygen atoms in total. The Balaban J connectivity index is 1.43. The zero-order valence-corrected chi connectivity index (χ0v) is 16.8. The highest BCUT2D eigenvalue weighted by atomic mass is 16.2. The van der Waals surface area contributed by atoms with Crippen molar-refractivity contribution in [3.63, 3.8) is 0 Å².